The molecule has 0 unspecified atom stereocenters. The number of carbonyl (C=O) groups is 1. The van der Waals surface area contributed by atoms with Crippen LogP contribution >= 0.6 is 11.3 Å². The standard InChI is InChI=1S/C20H21N3O5S2/c1-2-28-14-7-8-16-17(13-14)29-20(21-16)22-19(24)15-5-3-4-6-18(15)30(25,26)23-9-11-27-12-10-23/h3-8,13H,2,9-12H2,1H3,(H,21,22,24). The zero-order chi connectivity index (χ0) is 21.1. The van der Waals surface area contributed by atoms with Gasteiger partial charge in [-0.05, 0) is 37.3 Å². The van der Waals surface area contributed by atoms with Crippen LogP contribution in [-0.2, 0) is 14.8 Å². The van der Waals surface area contributed by atoms with Gasteiger partial charge in [0.05, 0.1) is 40.5 Å². The van der Waals surface area contributed by atoms with E-state index in [4.69, 9.17) is 9.47 Å². The number of nitrogens with zero attached hydrogens (tertiary/aromatic N) is 2. The van der Waals surface area contributed by atoms with Crippen molar-refractivity contribution >= 4 is 42.6 Å². The first-order valence-corrected chi connectivity index (χ1v) is 11.8. The van der Waals surface area contributed by atoms with Crippen LogP contribution in [0.3, 0.4) is 0 Å². The Balaban J connectivity index is 1.60. The Kier molecular flexibility index (Phi) is 6.00. The maximum atomic E-state index is 13.1. The van der Waals surface area contributed by atoms with E-state index in [1.165, 1.54) is 27.8 Å². The third-order valence-electron chi connectivity index (χ3n) is 4.61. The fourth-order valence-electron chi connectivity index (χ4n) is 3.18. The summed E-state index contributed by atoms with van der Waals surface area (Å²) in [6, 6.07) is 11.7. The molecule has 1 saturated heterocycles. The van der Waals surface area contributed by atoms with Crippen molar-refractivity contribution in [2.24, 2.45) is 0 Å². The van der Waals surface area contributed by atoms with E-state index in [9.17, 15) is 13.2 Å². The van der Waals surface area contributed by atoms with Crippen LogP contribution in [0.15, 0.2) is 47.4 Å². The lowest BCUT2D eigenvalue weighted by molar-refractivity contribution is 0.0730. The Morgan fingerprint density at radius 1 is 1.23 bits per heavy atom. The van der Waals surface area contributed by atoms with Gasteiger partial charge in [0.25, 0.3) is 5.91 Å². The second kappa shape index (κ2) is 8.68. The number of aromatic nitrogens is 1. The van der Waals surface area contributed by atoms with Crippen molar-refractivity contribution in [1.29, 1.82) is 0 Å². The summed E-state index contributed by atoms with van der Waals surface area (Å²) in [6.07, 6.45) is 0. The van der Waals surface area contributed by atoms with Crippen LogP contribution in [0.5, 0.6) is 5.75 Å². The molecule has 0 radical (unpaired) electrons. The number of thiazole rings is 1. The summed E-state index contributed by atoms with van der Waals surface area (Å²) in [4.78, 5) is 17.3. The number of fused-ring (bicyclic) bond motifs is 1. The van der Waals surface area contributed by atoms with Crippen molar-refractivity contribution in [3.63, 3.8) is 0 Å². The Labute approximate surface area is 178 Å². The minimum absolute atomic E-state index is 0.0239. The highest BCUT2D eigenvalue weighted by atomic mass is 32.2. The van der Waals surface area contributed by atoms with Crippen molar-refractivity contribution in [3.05, 3.63) is 48.0 Å². The van der Waals surface area contributed by atoms with Crippen molar-refractivity contribution in [3.8, 4) is 5.75 Å². The molecule has 1 aliphatic heterocycles. The lowest BCUT2D eigenvalue weighted by atomic mass is 10.2. The van der Waals surface area contributed by atoms with Gasteiger partial charge in [-0.2, -0.15) is 4.31 Å². The molecule has 1 N–H and O–H groups in total. The number of amides is 1. The molecule has 158 valence electrons. The number of hydrogen-bond acceptors (Lipinski definition) is 7. The SMILES string of the molecule is CCOc1ccc2nc(NC(=O)c3ccccc3S(=O)(=O)N3CCOCC3)sc2c1. The predicted molar refractivity (Wildman–Crippen MR) is 115 cm³/mol. The van der Waals surface area contributed by atoms with E-state index in [0.717, 1.165) is 16.0 Å². The van der Waals surface area contributed by atoms with E-state index in [1.807, 2.05) is 25.1 Å². The molecule has 1 aliphatic rings. The van der Waals surface area contributed by atoms with Gasteiger partial charge in [0.2, 0.25) is 10.0 Å². The molecule has 1 aromatic heterocycles. The molecule has 10 heteroatoms. The molecule has 8 nitrogen and oxygen atoms in total. The van der Waals surface area contributed by atoms with E-state index < -0.39 is 15.9 Å². The lowest BCUT2D eigenvalue weighted by Crippen LogP contribution is -2.41. The molecule has 30 heavy (non-hydrogen) atoms. The van der Waals surface area contributed by atoms with E-state index in [2.05, 4.69) is 10.3 Å². The van der Waals surface area contributed by atoms with Crippen LogP contribution < -0.4 is 10.1 Å². The largest absolute Gasteiger partial charge is 0.494 e. The van der Waals surface area contributed by atoms with Gasteiger partial charge in [0, 0.05) is 13.1 Å². The molecule has 1 amide bonds. The van der Waals surface area contributed by atoms with E-state index in [-0.39, 0.29) is 23.5 Å². The Morgan fingerprint density at radius 3 is 2.77 bits per heavy atom. The lowest BCUT2D eigenvalue weighted by Gasteiger charge is -2.26. The number of anilines is 1. The molecule has 0 saturated carbocycles. The molecule has 2 heterocycles. The summed E-state index contributed by atoms with van der Waals surface area (Å²) in [5, 5.41) is 3.13. The van der Waals surface area contributed by atoms with Gasteiger partial charge in [0.15, 0.2) is 5.13 Å². The number of ether oxygens (including phenoxy) is 2. The minimum atomic E-state index is -3.81. The Hall–Kier alpha value is -2.53. The van der Waals surface area contributed by atoms with Crippen LogP contribution in [0.2, 0.25) is 0 Å². The van der Waals surface area contributed by atoms with E-state index >= 15 is 0 Å². The molecule has 0 aliphatic carbocycles. The molecule has 4 rings (SSSR count). The number of benzene rings is 2. The van der Waals surface area contributed by atoms with Gasteiger partial charge in [-0.3, -0.25) is 10.1 Å². The molecular formula is C20H21N3O5S2. The smallest absolute Gasteiger partial charge is 0.258 e. The highest BCUT2D eigenvalue weighted by Crippen LogP contribution is 2.30. The first kappa shape index (κ1) is 20.7. The summed E-state index contributed by atoms with van der Waals surface area (Å²) in [5.74, 6) is 0.208. The Morgan fingerprint density at radius 2 is 2.00 bits per heavy atom. The highest BCUT2D eigenvalue weighted by molar-refractivity contribution is 7.89. The monoisotopic (exact) mass is 447 g/mol. The maximum absolute atomic E-state index is 13.1. The average molecular weight is 448 g/mol. The number of sulfonamides is 1. The number of hydrogen-bond donors (Lipinski definition) is 1. The van der Waals surface area contributed by atoms with Gasteiger partial charge in [-0.1, -0.05) is 23.5 Å². The topological polar surface area (TPSA) is 97.8 Å². The van der Waals surface area contributed by atoms with Crippen LogP contribution in [0.4, 0.5) is 5.13 Å². The van der Waals surface area contributed by atoms with Gasteiger partial charge < -0.3 is 9.47 Å². The van der Waals surface area contributed by atoms with E-state index in [1.54, 1.807) is 12.1 Å². The van der Waals surface area contributed by atoms with Gasteiger partial charge in [-0.25, -0.2) is 13.4 Å². The fraction of sp³-hybridized carbons (Fsp3) is 0.300. The van der Waals surface area contributed by atoms with Crippen molar-refractivity contribution in [2.45, 2.75) is 11.8 Å². The van der Waals surface area contributed by atoms with E-state index in [0.29, 0.717) is 25.0 Å². The molecular weight excluding hydrogens is 426 g/mol. The van der Waals surface area contributed by atoms with Crippen molar-refractivity contribution < 1.29 is 22.7 Å². The van der Waals surface area contributed by atoms with Crippen LogP contribution in [0.25, 0.3) is 10.2 Å². The number of rotatable bonds is 6. The molecule has 2 aromatic carbocycles. The minimum Gasteiger partial charge on any atom is -0.494 e. The molecule has 0 spiro atoms. The number of nitrogens with one attached hydrogen (secondary N) is 1. The fourth-order valence-corrected chi connectivity index (χ4v) is 5.67. The average Bonchev–Trinajstić information content (AvgIpc) is 3.16. The third-order valence-corrected chi connectivity index (χ3v) is 7.50. The normalized spacial score (nSPS) is 15.2. The first-order chi connectivity index (χ1) is 14.5. The highest BCUT2D eigenvalue weighted by Gasteiger charge is 2.30. The Bertz CT molecular complexity index is 1170. The summed E-state index contributed by atoms with van der Waals surface area (Å²) in [5.41, 5.74) is 0.811. The quantitative estimate of drug-likeness (QED) is 0.624. The second-order valence-corrected chi connectivity index (χ2v) is 9.49. The maximum Gasteiger partial charge on any atom is 0.258 e. The molecule has 1 fully saturated rings. The zero-order valence-corrected chi connectivity index (χ0v) is 18.0. The molecule has 0 bridgehead atoms. The third kappa shape index (κ3) is 4.17. The zero-order valence-electron chi connectivity index (χ0n) is 16.3. The van der Waals surface area contributed by atoms with Gasteiger partial charge >= 0.3 is 0 Å². The summed E-state index contributed by atoms with van der Waals surface area (Å²) in [7, 11) is -3.81. The number of carbonyl (C=O) groups excluding carboxylic acids is 1. The van der Waals surface area contributed by atoms with Crippen LogP contribution in [0, 0.1) is 0 Å². The summed E-state index contributed by atoms with van der Waals surface area (Å²) < 4.78 is 39.1. The van der Waals surface area contributed by atoms with Gasteiger partial charge in [0.1, 0.15) is 5.75 Å². The van der Waals surface area contributed by atoms with Crippen LogP contribution in [-0.4, -0.2) is 56.5 Å². The summed E-state index contributed by atoms with van der Waals surface area (Å²) in [6.45, 7) is 3.66. The predicted octanol–water partition coefficient (Wildman–Crippen LogP) is 2.97. The molecule has 0 atom stereocenters. The first-order valence-electron chi connectivity index (χ1n) is 9.50. The molecule has 3 aromatic rings. The van der Waals surface area contributed by atoms with Crippen molar-refractivity contribution in [1.82, 2.24) is 9.29 Å². The summed E-state index contributed by atoms with van der Waals surface area (Å²) >= 11 is 1.30. The second-order valence-electron chi connectivity index (χ2n) is 6.55. The van der Waals surface area contributed by atoms with Crippen LogP contribution in [0.1, 0.15) is 17.3 Å². The van der Waals surface area contributed by atoms with Crippen molar-refractivity contribution in [2.75, 3.05) is 38.2 Å². The number of morpholine rings is 1. The van der Waals surface area contributed by atoms with Gasteiger partial charge in [-0.15, -0.1) is 0 Å².